The van der Waals surface area contributed by atoms with Gasteiger partial charge < -0.3 is 9.64 Å². The fourth-order valence-corrected chi connectivity index (χ4v) is 1.22. The third kappa shape index (κ3) is 1.53. The van der Waals surface area contributed by atoms with Crippen LogP contribution in [0.4, 0.5) is 5.82 Å². The second kappa shape index (κ2) is 3.49. The van der Waals surface area contributed by atoms with Crippen LogP contribution in [0, 0.1) is 6.20 Å². The smallest absolute Gasteiger partial charge is 0.151 e. The van der Waals surface area contributed by atoms with E-state index in [9.17, 15) is 0 Å². The Bertz CT molecular complexity index is 233. The van der Waals surface area contributed by atoms with Gasteiger partial charge in [-0.15, -0.1) is 10.2 Å². The topological polar surface area (TPSA) is 38.2 Å². The van der Waals surface area contributed by atoms with E-state index in [0.717, 1.165) is 32.1 Å². The predicted molar refractivity (Wildman–Crippen MR) is 43.9 cm³/mol. The van der Waals surface area contributed by atoms with E-state index in [1.165, 1.54) is 0 Å². The van der Waals surface area contributed by atoms with Crippen LogP contribution in [0.3, 0.4) is 0 Å². The van der Waals surface area contributed by atoms with E-state index in [0.29, 0.717) is 0 Å². The molecule has 0 aromatic carbocycles. The number of ether oxygens (including phenoxy) is 1. The first-order valence-corrected chi connectivity index (χ1v) is 3.99. The number of hydrogen-bond acceptors (Lipinski definition) is 4. The van der Waals surface area contributed by atoms with Crippen LogP contribution < -0.4 is 4.90 Å². The maximum absolute atomic E-state index is 5.22. The molecule has 0 unspecified atom stereocenters. The average Bonchev–Trinajstić information content (AvgIpc) is 2.21. The maximum atomic E-state index is 5.22. The minimum absolute atomic E-state index is 0.778. The minimum Gasteiger partial charge on any atom is -0.378 e. The summed E-state index contributed by atoms with van der Waals surface area (Å²) >= 11 is 0. The zero-order chi connectivity index (χ0) is 8.23. The van der Waals surface area contributed by atoms with Gasteiger partial charge in [0.15, 0.2) is 5.82 Å². The first kappa shape index (κ1) is 7.49. The molecule has 0 saturated carbocycles. The van der Waals surface area contributed by atoms with Crippen LogP contribution >= 0.6 is 0 Å². The van der Waals surface area contributed by atoms with E-state index >= 15 is 0 Å². The molecule has 0 spiro atoms. The van der Waals surface area contributed by atoms with E-state index in [-0.39, 0.29) is 0 Å². The molecule has 2 rings (SSSR count). The van der Waals surface area contributed by atoms with Crippen LogP contribution in [0.15, 0.2) is 12.1 Å². The van der Waals surface area contributed by atoms with Crippen LogP contribution in [0.2, 0.25) is 0 Å². The van der Waals surface area contributed by atoms with Crippen molar-refractivity contribution < 1.29 is 4.74 Å². The molecule has 0 N–H and O–H groups in total. The van der Waals surface area contributed by atoms with Crippen molar-refractivity contribution in [3.63, 3.8) is 0 Å². The van der Waals surface area contributed by atoms with Crippen molar-refractivity contribution in [2.45, 2.75) is 0 Å². The van der Waals surface area contributed by atoms with Gasteiger partial charge in [-0.2, -0.15) is 0 Å². The molecule has 12 heavy (non-hydrogen) atoms. The SMILES string of the molecule is [c]1ccc(N2CCOCC2)nn1. The second-order valence-electron chi connectivity index (χ2n) is 2.62. The van der Waals surface area contributed by atoms with Crippen LogP contribution in [0.5, 0.6) is 0 Å². The van der Waals surface area contributed by atoms with Crippen molar-refractivity contribution in [1.82, 2.24) is 10.2 Å². The minimum atomic E-state index is 0.778. The van der Waals surface area contributed by atoms with Gasteiger partial charge in [0, 0.05) is 13.1 Å². The van der Waals surface area contributed by atoms with Gasteiger partial charge in [0.25, 0.3) is 0 Å². The lowest BCUT2D eigenvalue weighted by Crippen LogP contribution is -2.36. The van der Waals surface area contributed by atoms with Crippen LogP contribution in [-0.2, 0) is 4.74 Å². The van der Waals surface area contributed by atoms with E-state index in [4.69, 9.17) is 4.74 Å². The monoisotopic (exact) mass is 164 g/mol. The Hall–Kier alpha value is -1.16. The Labute approximate surface area is 71.2 Å². The molecular formula is C8H10N3O. The molecule has 0 bridgehead atoms. The molecule has 1 saturated heterocycles. The number of nitrogens with zero attached hydrogens (tertiary/aromatic N) is 3. The first-order valence-electron chi connectivity index (χ1n) is 3.99. The highest BCUT2D eigenvalue weighted by Crippen LogP contribution is 2.09. The average molecular weight is 164 g/mol. The van der Waals surface area contributed by atoms with E-state index in [2.05, 4.69) is 21.3 Å². The van der Waals surface area contributed by atoms with Crippen molar-refractivity contribution in [1.29, 1.82) is 0 Å². The number of hydrogen-bond donors (Lipinski definition) is 0. The maximum Gasteiger partial charge on any atom is 0.151 e. The lowest BCUT2D eigenvalue weighted by atomic mass is 10.4. The van der Waals surface area contributed by atoms with E-state index in [1.54, 1.807) is 6.07 Å². The number of aromatic nitrogens is 2. The van der Waals surface area contributed by atoms with Crippen molar-refractivity contribution >= 4 is 5.82 Å². The zero-order valence-electron chi connectivity index (χ0n) is 6.73. The number of rotatable bonds is 1. The Morgan fingerprint density at radius 1 is 1.42 bits per heavy atom. The molecule has 2 heterocycles. The van der Waals surface area contributed by atoms with Gasteiger partial charge in [-0.05, 0) is 12.1 Å². The summed E-state index contributed by atoms with van der Waals surface area (Å²) in [6.45, 7) is 3.36. The standard InChI is InChI=1S/C8H10N3O/c1-2-8(10-9-3-1)11-4-6-12-7-5-11/h1-2H,4-7H2. The predicted octanol–water partition coefficient (Wildman–Crippen LogP) is 0.113. The molecule has 4 heteroatoms. The molecule has 1 aliphatic heterocycles. The molecule has 0 atom stereocenters. The summed E-state index contributed by atoms with van der Waals surface area (Å²) in [5.41, 5.74) is 0. The van der Waals surface area contributed by atoms with Gasteiger partial charge in [-0.3, -0.25) is 0 Å². The fraction of sp³-hybridized carbons (Fsp3) is 0.500. The second-order valence-corrected chi connectivity index (χ2v) is 2.62. The third-order valence-corrected chi connectivity index (χ3v) is 1.85. The van der Waals surface area contributed by atoms with Crippen LogP contribution in [0.1, 0.15) is 0 Å². The fourth-order valence-electron chi connectivity index (χ4n) is 1.22. The molecule has 0 aliphatic carbocycles. The van der Waals surface area contributed by atoms with E-state index < -0.39 is 0 Å². The normalized spacial score (nSPS) is 17.8. The summed E-state index contributed by atoms with van der Waals surface area (Å²) in [6.07, 6.45) is 2.65. The van der Waals surface area contributed by atoms with Crippen molar-refractivity contribution in [3.05, 3.63) is 18.3 Å². The van der Waals surface area contributed by atoms with Gasteiger partial charge in [0.2, 0.25) is 0 Å². The summed E-state index contributed by atoms with van der Waals surface area (Å²) in [5, 5.41) is 7.67. The number of morpholine rings is 1. The molecule has 1 aromatic heterocycles. The van der Waals surface area contributed by atoms with Crippen molar-refractivity contribution in [2.75, 3.05) is 31.2 Å². The Morgan fingerprint density at radius 2 is 2.25 bits per heavy atom. The van der Waals surface area contributed by atoms with Gasteiger partial charge >= 0.3 is 0 Å². The highest BCUT2D eigenvalue weighted by Gasteiger charge is 2.11. The largest absolute Gasteiger partial charge is 0.378 e. The molecule has 0 amide bonds. The quantitative estimate of drug-likeness (QED) is 0.590. The first-order chi connectivity index (χ1) is 5.97. The lowest BCUT2D eigenvalue weighted by molar-refractivity contribution is 0.122. The van der Waals surface area contributed by atoms with Crippen molar-refractivity contribution in [2.24, 2.45) is 0 Å². The van der Waals surface area contributed by atoms with Crippen LogP contribution in [-0.4, -0.2) is 36.5 Å². The molecule has 1 fully saturated rings. The lowest BCUT2D eigenvalue weighted by Gasteiger charge is -2.26. The summed E-state index contributed by atoms with van der Waals surface area (Å²) in [7, 11) is 0. The molecule has 4 nitrogen and oxygen atoms in total. The Kier molecular flexibility index (Phi) is 2.18. The van der Waals surface area contributed by atoms with Gasteiger partial charge in [0.05, 0.1) is 13.2 Å². The molecule has 1 aromatic rings. The highest BCUT2D eigenvalue weighted by molar-refractivity contribution is 5.36. The summed E-state index contributed by atoms with van der Waals surface area (Å²) in [6, 6.07) is 3.69. The zero-order valence-corrected chi connectivity index (χ0v) is 6.73. The third-order valence-electron chi connectivity index (χ3n) is 1.85. The summed E-state index contributed by atoms with van der Waals surface area (Å²) in [5.74, 6) is 0.914. The van der Waals surface area contributed by atoms with Gasteiger partial charge in [-0.25, -0.2) is 0 Å². The molecule has 63 valence electrons. The highest BCUT2D eigenvalue weighted by atomic mass is 16.5. The van der Waals surface area contributed by atoms with Crippen LogP contribution in [0.25, 0.3) is 0 Å². The Morgan fingerprint density at radius 3 is 2.92 bits per heavy atom. The van der Waals surface area contributed by atoms with Gasteiger partial charge in [-0.1, -0.05) is 0 Å². The number of anilines is 1. The van der Waals surface area contributed by atoms with E-state index in [1.807, 2.05) is 6.07 Å². The van der Waals surface area contributed by atoms with Gasteiger partial charge in [0.1, 0.15) is 6.20 Å². The summed E-state index contributed by atoms with van der Waals surface area (Å²) < 4.78 is 5.22. The Balaban J connectivity index is 2.08. The van der Waals surface area contributed by atoms with Crippen molar-refractivity contribution in [3.8, 4) is 0 Å². The molecule has 1 radical (unpaired) electrons. The molecule has 1 aliphatic rings. The molecular weight excluding hydrogens is 154 g/mol. The summed E-state index contributed by atoms with van der Waals surface area (Å²) in [4.78, 5) is 2.16.